The molecule has 0 fully saturated rings. The number of nitrogens with zero attached hydrogens (tertiary/aromatic N) is 2. The molecule has 7 heteroatoms. The highest BCUT2D eigenvalue weighted by molar-refractivity contribution is 7.84. The maximum absolute atomic E-state index is 12.3. The van der Waals surface area contributed by atoms with Crippen molar-refractivity contribution in [3.63, 3.8) is 0 Å². The minimum absolute atomic E-state index is 0.0226. The Morgan fingerprint density at radius 2 is 1.75 bits per heavy atom. The standard InChI is InChI=1S/C25H27N3O3S/c1-25(2,32(26)30)15-17(14-18-8-7-9-19(16-29)27-18)20-10-3-4-11-21(20)24-22-12-5-6-13-23(22)31-28-24/h3-13,17,29H,14-16,26H2,1-2H3/t17-,32?/m0/s1. The maximum Gasteiger partial charge on any atom is 0.167 e. The topological polar surface area (TPSA) is 102 Å². The van der Waals surface area contributed by atoms with Crippen molar-refractivity contribution in [2.45, 2.75) is 44.0 Å². The van der Waals surface area contributed by atoms with Crippen molar-refractivity contribution in [3.05, 3.63) is 83.7 Å². The van der Waals surface area contributed by atoms with Crippen LogP contribution < -0.4 is 5.14 Å². The van der Waals surface area contributed by atoms with E-state index in [1.165, 1.54) is 0 Å². The Morgan fingerprint density at radius 1 is 1.03 bits per heavy atom. The lowest BCUT2D eigenvalue weighted by Gasteiger charge is -2.29. The zero-order valence-corrected chi connectivity index (χ0v) is 19.0. The summed E-state index contributed by atoms with van der Waals surface area (Å²) in [5.74, 6) is -0.0226. The highest BCUT2D eigenvalue weighted by atomic mass is 32.2. The molecule has 32 heavy (non-hydrogen) atoms. The third-order valence-corrected chi connectivity index (χ3v) is 7.05. The van der Waals surface area contributed by atoms with Gasteiger partial charge in [-0.05, 0) is 62.4 Å². The van der Waals surface area contributed by atoms with Crippen molar-refractivity contribution in [1.82, 2.24) is 10.1 Å². The summed E-state index contributed by atoms with van der Waals surface area (Å²) >= 11 is 0. The molecule has 166 valence electrons. The first kappa shape index (κ1) is 22.3. The summed E-state index contributed by atoms with van der Waals surface area (Å²) in [6.45, 7) is 3.72. The van der Waals surface area contributed by atoms with Crippen LogP contribution in [-0.2, 0) is 24.0 Å². The van der Waals surface area contributed by atoms with E-state index in [-0.39, 0.29) is 12.5 Å². The monoisotopic (exact) mass is 449 g/mol. The van der Waals surface area contributed by atoms with Crippen LogP contribution in [0.3, 0.4) is 0 Å². The zero-order chi connectivity index (χ0) is 22.7. The lowest BCUT2D eigenvalue weighted by atomic mass is 9.83. The van der Waals surface area contributed by atoms with E-state index >= 15 is 0 Å². The first-order chi connectivity index (χ1) is 15.4. The fourth-order valence-corrected chi connectivity index (χ4v) is 4.47. The van der Waals surface area contributed by atoms with E-state index in [1.807, 2.05) is 68.4 Å². The second kappa shape index (κ2) is 9.32. The molecule has 0 spiro atoms. The summed E-state index contributed by atoms with van der Waals surface area (Å²) in [6, 6.07) is 21.5. The predicted molar refractivity (Wildman–Crippen MR) is 127 cm³/mol. The van der Waals surface area contributed by atoms with Gasteiger partial charge in [0.25, 0.3) is 0 Å². The van der Waals surface area contributed by atoms with Gasteiger partial charge < -0.3 is 9.63 Å². The van der Waals surface area contributed by atoms with Gasteiger partial charge in [0.05, 0.1) is 28.0 Å². The number of aliphatic hydroxyl groups excluding tert-OH is 1. The zero-order valence-electron chi connectivity index (χ0n) is 18.2. The summed E-state index contributed by atoms with van der Waals surface area (Å²) in [6.07, 6.45) is 1.20. The largest absolute Gasteiger partial charge is 0.390 e. The molecule has 0 bridgehead atoms. The van der Waals surface area contributed by atoms with Gasteiger partial charge in [0, 0.05) is 16.6 Å². The summed E-state index contributed by atoms with van der Waals surface area (Å²) in [7, 11) is -1.49. The van der Waals surface area contributed by atoms with Crippen LogP contribution in [0, 0.1) is 0 Å². The number of rotatable bonds is 8. The molecule has 0 amide bonds. The fraction of sp³-hybridized carbons (Fsp3) is 0.280. The van der Waals surface area contributed by atoms with Crippen molar-refractivity contribution in [3.8, 4) is 11.3 Å². The molecule has 0 saturated heterocycles. The molecule has 3 N–H and O–H groups in total. The molecule has 2 atom stereocenters. The number of aromatic nitrogens is 2. The third-order valence-electron chi connectivity index (χ3n) is 5.80. The molecule has 6 nitrogen and oxygen atoms in total. The molecule has 2 aromatic carbocycles. The molecule has 4 aromatic rings. The number of benzene rings is 2. The average molecular weight is 450 g/mol. The molecular formula is C25H27N3O3S. The van der Waals surface area contributed by atoms with E-state index in [2.05, 4.69) is 16.2 Å². The quantitative estimate of drug-likeness (QED) is 0.412. The Morgan fingerprint density at radius 3 is 2.53 bits per heavy atom. The van der Waals surface area contributed by atoms with Crippen LogP contribution in [0.1, 0.15) is 43.1 Å². The minimum Gasteiger partial charge on any atom is -0.390 e. The van der Waals surface area contributed by atoms with Crippen LogP contribution in [0.15, 0.2) is 71.3 Å². The molecule has 0 radical (unpaired) electrons. The van der Waals surface area contributed by atoms with Gasteiger partial charge in [-0.25, -0.2) is 4.21 Å². The van der Waals surface area contributed by atoms with Crippen LogP contribution >= 0.6 is 0 Å². The second-order valence-electron chi connectivity index (χ2n) is 8.56. The normalized spacial score (nSPS) is 13.9. The number of fused-ring (bicyclic) bond motifs is 1. The Kier molecular flexibility index (Phi) is 6.50. The molecule has 0 aliphatic heterocycles. The van der Waals surface area contributed by atoms with E-state index in [9.17, 15) is 9.32 Å². The first-order valence-corrected chi connectivity index (χ1v) is 11.8. The summed E-state index contributed by atoms with van der Waals surface area (Å²) in [5, 5.41) is 20.7. The lowest BCUT2D eigenvalue weighted by Crippen LogP contribution is -2.34. The van der Waals surface area contributed by atoms with Crippen molar-refractivity contribution < 1.29 is 13.8 Å². The van der Waals surface area contributed by atoms with Crippen LogP contribution in [-0.4, -0.2) is 24.2 Å². The van der Waals surface area contributed by atoms with E-state index < -0.39 is 15.7 Å². The van der Waals surface area contributed by atoms with Gasteiger partial charge in [0.1, 0.15) is 5.69 Å². The van der Waals surface area contributed by atoms with Gasteiger partial charge in [0.15, 0.2) is 5.58 Å². The van der Waals surface area contributed by atoms with E-state index in [0.717, 1.165) is 33.5 Å². The van der Waals surface area contributed by atoms with Crippen molar-refractivity contribution in [2.75, 3.05) is 0 Å². The van der Waals surface area contributed by atoms with E-state index in [1.54, 1.807) is 6.07 Å². The Labute approximate surface area is 190 Å². The van der Waals surface area contributed by atoms with Crippen LogP contribution in [0.5, 0.6) is 0 Å². The third kappa shape index (κ3) is 4.65. The summed E-state index contributed by atoms with van der Waals surface area (Å²) < 4.78 is 17.3. The van der Waals surface area contributed by atoms with Gasteiger partial charge in [-0.15, -0.1) is 0 Å². The number of para-hydroxylation sites is 1. The van der Waals surface area contributed by atoms with Crippen LogP contribution in [0.25, 0.3) is 22.2 Å². The molecule has 4 rings (SSSR count). The van der Waals surface area contributed by atoms with Gasteiger partial charge >= 0.3 is 0 Å². The number of hydrogen-bond donors (Lipinski definition) is 2. The van der Waals surface area contributed by atoms with Crippen molar-refractivity contribution in [2.24, 2.45) is 5.14 Å². The minimum atomic E-state index is -1.49. The first-order valence-electron chi connectivity index (χ1n) is 10.5. The van der Waals surface area contributed by atoms with Gasteiger partial charge in [-0.2, -0.15) is 0 Å². The molecule has 0 aliphatic carbocycles. The second-order valence-corrected chi connectivity index (χ2v) is 10.3. The lowest BCUT2D eigenvalue weighted by molar-refractivity contribution is 0.276. The molecule has 1 unspecified atom stereocenters. The smallest absolute Gasteiger partial charge is 0.167 e. The van der Waals surface area contributed by atoms with E-state index in [0.29, 0.717) is 18.5 Å². The number of nitrogens with two attached hydrogens (primary N) is 1. The average Bonchev–Trinajstić information content (AvgIpc) is 3.22. The van der Waals surface area contributed by atoms with E-state index in [4.69, 9.17) is 9.66 Å². The van der Waals surface area contributed by atoms with Crippen LogP contribution in [0.2, 0.25) is 0 Å². The SMILES string of the molecule is CC(C)(C[C@H](Cc1cccc(CO)n1)c1ccccc1-c1noc2ccccc12)S(N)=O. The van der Waals surface area contributed by atoms with Crippen LogP contribution in [0.4, 0.5) is 0 Å². The van der Waals surface area contributed by atoms with Gasteiger partial charge in [-0.1, -0.05) is 47.6 Å². The Hall–Kier alpha value is -2.87. The molecule has 2 heterocycles. The Balaban J connectivity index is 1.81. The predicted octanol–water partition coefficient (Wildman–Crippen LogP) is 4.50. The van der Waals surface area contributed by atoms with Crippen molar-refractivity contribution >= 4 is 22.0 Å². The Bertz CT molecular complexity index is 1250. The molecule has 0 aliphatic rings. The van der Waals surface area contributed by atoms with Gasteiger partial charge in [0.2, 0.25) is 0 Å². The molecular weight excluding hydrogens is 422 g/mol. The maximum atomic E-state index is 12.3. The fourth-order valence-electron chi connectivity index (χ4n) is 4.10. The van der Waals surface area contributed by atoms with Gasteiger partial charge in [-0.3, -0.25) is 10.1 Å². The molecule has 2 aromatic heterocycles. The van der Waals surface area contributed by atoms with Crippen molar-refractivity contribution in [1.29, 1.82) is 0 Å². The number of aliphatic hydroxyl groups is 1. The highest BCUT2D eigenvalue weighted by Crippen LogP contribution is 2.38. The number of pyridine rings is 1. The number of hydrogen-bond acceptors (Lipinski definition) is 5. The highest BCUT2D eigenvalue weighted by Gasteiger charge is 2.31. The molecule has 0 saturated carbocycles. The summed E-state index contributed by atoms with van der Waals surface area (Å²) in [5.41, 5.74) is 5.04. The summed E-state index contributed by atoms with van der Waals surface area (Å²) in [4.78, 5) is 4.58.